The molecule has 1 fully saturated rings. The van der Waals surface area contributed by atoms with Gasteiger partial charge in [0.1, 0.15) is 5.75 Å². The molecule has 1 saturated heterocycles. The van der Waals surface area contributed by atoms with Crippen LogP contribution in [0.4, 0.5) is 0 Å². The fraction of sp³-hybridized carbons (Fsp3) is 0.571. The number of nitrogens with zero attached hydrogens (tertiary/aromatic N) is 1. The van der Waals surface area contributed by atoms with Crippen LogP contribution >= 0.6 is 15.9 Å². The zero-order valence-electron chi connectivity index (χ0n) is 10.9. The summed E-state index contributed by atoms with van der Waals surface area (Å²) in [6, 6.07) is 3.94. The Kier molecular flexibility index (Phi) is 4.65. The zero-order chi connectivity index (χ0) is 13.1. The van der Waals surface area contributed by atoms with Gasteiger partial charge in [0.15, 0.2) is 0 Å². The molecule has 1 aromatic rings. The lowest BCUT2D eigenvalue weighted by molar-refractivity contribution is 0.0667. The van der Waals surface area contributed by atoms with Gasteiger partial charge in [0, 0.05) is 36.3 Å². The second-order valence-electron chi connectivity index (χ2n) is 5.00. The number of rotatable bonds is 2. The van der Waals surface area contributed by atoms with Crippen LogP contribution in [0.25, 0.3) is 0 Å². The summed E-state index contributed by atoms with van der Waals surface area (Å²) in [7, 11) is 0. The lowest BCUT2D eigenvalue weighted by atomic mass is 10.1. The molecule has 3 nitrogen and oxygen atoms in total. The summed E-state index contributed by atoms with van der Waals surface area (Å²) < 4.78 is 6.66. The first kappa shape index (κ1) is 13.8. The third-order valence-corrected chi connectivity index (χ3v) is 3.73. The first-order valence-corrected chi connectivity index (χ1v) is 7.17. The highest BCUT2D eigenvalue weighted by atomic mass is 79.9. The van der Waals surface area contributed by atoms with Crippen LogP contribution in [0, 0.1) is 6.92 Å². The third kappa shape index (κ3) is 3.46. The highest BCUT2D eigenvalue weighted by molar-refractivity contribution is 9.10. The third-order valence-electron chi connectivity index (χ3n) is 3.27. The van der Waals surface area contributed by atoms with Crippen LogP contribution in [0.15, 0.2) is 16.6 Å². The van der Waals surface area contributed by atoms with Crippen LogP contribution in [0.5, 0.6) is 5.75 Å². The van der Waals surface area contributed by atoms with Gasteiger partial charge in [0.2, 0.25) is 0 Å². The first-order chi connectivity index (χ1) is 8.56. The summed E-state index contributed by atoms with van der Waals surface area (Å²) in [5, 5.41) is 10.1. The fourth-order valence-corrected chi connectivity index (χ4v) is 3.01. The lowest BCUT2D eigenvalue weighted by Gasteiger charge is -2.22. The number of halogens is 1. The molecule has 1 aliphatic rings. The molecule has 4 heteroatoms. The van der Waals surface area contributed by atoms with E-state index in [0.717, 1.165) is 48.3 Å². The monoisotopic (exact) mass is 313 g/mol. The Balaban J connectivity index is 2.12. The van der Waals surface area contributed by atoms with E-state index in [1.54, 1.807) is 0 Å². The van der Waals surface area contributed by atoms with E-state index in [9.17, 15) is 5.11 Å². The number of phenolic OH excluding ortho intramolecular Hbond substituents is 1. The zero-order valence-corrected chi connectivity index (χ0v) is 12.5. The number of aromatic hydroxyl groups is 1. The highest BCUT2D eigenvalue weighted by Gasteiger charge is 2.17. The van der Waals surface area contributed by atoms with Crippen molar-refractivity contribution in [3.8, 4) is 5.75 Å². The van der Waals surface area contributed by atoms with Crippen molar-refractivity contribution in [2.45, 2.75) is 32.9 Å². The van der Waals surface area contributed by atoms with Gasteiger partial charge in [-0.2, -0.15) is 0 Å². The van der Waals surface area contributed by atoms with Crippen molar-refractivity contribution < 1.29 is 9.84 Å². The van der Waals surface area contributed by atoms with E-state index in [2.05, 4.69) is 27.8 Å². The van der Waals surface area contributed by atoms with Crippen molar-refractivity contribution in [1.82, 2.24) is 4.90 Å². The quantitative estimate of drug-likeness (QED) is 0.910. The van der Waals surface area contributed by atoms with Crippen molar-refractivity contribution in [2.24, 2.45) is 0 Å². The highest BCUT2D eigenvalue weighted by Crippen LogP contribution is 2.28. The second kappa shape index (κ2) is 6.04. The van der Waals surface area contributed by atoms with Crippen LogP contribution in [0.2, 0.25) is 0 Å². The van der Waals surface area contributed by atoms with Crippen LogP contribution in [0.1, 0.15) is 24.5 Å². The molecule has 2 rings (SSSR count). The van der Waals surface area contributed by atoms with E-state index in [-0.39, 0.29) is 6.10 Å². The second-order valence-corrected chi connectivity index (χ2v) is 5.92. The van der Waals surface area contributed by atoms with Crippen molar-refractivity contribution in [1.29, 1.82) is 0 Å². The van der Waals surface area contributed by atoms with Gasteiger partial charge in [-0.3, -0.25) is 4.90 Å². The van der Waals surface area contributed by atoms with Crippen molar-refractivity contribution in [3.05, 3.63) is 27.7 Å². The van der Waals surface area contributed by atoms with E-state index in [1.165, 1.54) is 0 Å². The maximum atomic E-state index is 10.1. The number of phenols is 1. The van der Waals surface area contributed by atoms with Gasteiger partial charge in [-0.1, -0.05) is 15.9 Å². The SMILES string of the molecule is Cc1cc(Br)cc(CN2CCCOC(C)C2)c1O. The number of aryl methyl sites for hydroxylation is 1. The molecule has 1 aromatic carbocycles. The van der Waals surface area contributed by atoms with Crippen LogP contribution in [0.3, 0.4) is 0 Å². The van der Waals surface area contributed by atoms with Crippen molar-refractivity contribution in [3.63, 3.8) is 0 Å². The molecule has 0 radical (unpaired) electrons. The molecule has 1 atom stereocenters. The normalized spacial score (nSPS) is 21.8. The van der Waals surface area contributed by atoms with Gasteiger partial charge >= 0.3 is 0 Å². The van der Waals surface area contributed by atoms with Gasteiger partial charge in [-0.05, 0) is 38.0 Å². The lowest BCUT2D eigenvalue weighted by Crippen LogP contribution is -2.29. The number of benzene rings is 1. The Labute approximate surface area is 117 Å². The molecule has 0 saturated carbocycles. The van der Waals surface area contributed by atoms with Gasteiger partial charge in [-0.15, -0.1) is 0 Å². The van der Waals surface area contributed by atoms with E-state index in [0.29, 0.717) is 5.75 Å². The smallest absolute Gasteiger partial charge is 0.123 e. The number of ether oxygens (including phenoxy) is 1. The molecule has 0 aromatic heterocycles. The van der Waals surface area contributed by atoms with Gasteiger partial charge in [0.25, 0.3) is 0 Å². The Morgan fingerprint density at radius 3 is 3.06 bits per heavy atom. The Morgan fingerprint density at radius 1 is 1.50 bits per heavy atom. The largest absolute Gasteiger partial charge is 0.507 e. The molecule has 1 heterocycles. The van der Waals surface area contributed by atoms with Crippen molar-refractivity contribution in [2.75, 3.05) is 19.7 Å². The minimum Gasteiger partial charge on any atom is -0.507 e. The van der Waals surface area contributed by atoms with Crippen LogP contribution in [-0.4, -0.2) is 35.8 Å². The van der Waals surface area contributed by atoms with Gasteiger partial charge < -0.3 is 9.84 Å². The van der Waals surface area contributed by atoms with Crippen LogP contribution < -0.4 is 0 Å². The maximum Gasteiger partial charge on any atom is 0.123 e. The summed E-state index contributed by atoms with van der Waals surface area (Å²) in [5.74, 6) is 0.413. The fourth-order valence-electron chi connectivity index (χ4n) is 2.39. The number of hydrogen-bond donors (Lipinski definition) is 1. The average Bonchev–Trinajstić information content (AvgIpc) is 2.50. The van der Waals surface area contributed by atoms with Gasteiger partial charge in [-0.25, -0.2) is 0 Å². The molecule has 0 bridgehead atoms. The van der Waals surface area contributed by atoms with E-state index >= 15 is 0 Å². The first-order valence-electron chi connectivity index (χ1n) is 6.38. The summed E-state index contributed by atoms with van der Waals surface area (Å²) in [4.78, 5) is 2.35. The Bertz CT molecular complexity index is 423. The van der Waals surface area contributed by atoms with E-state index in [4.69, 9.17) is 4.74 Å². The Morgan fingerprint density at radius 2 is 2.28 bits per heavy atom. The minimum absolute atomic E-state index is 0.267. The molecular formula is C14H20BrNO2. The molecule has 0 amide bonds. The maximum absolute atomic E-state index is 10.1. The van der Waals surface area contributed by atoms with Crippen molar-refractivity contribution >= 4 is 15.9 Å². The van der Waals surface area contributed by atoms with E-state index in [1.807, 2.05) is 19.1 Å². The van der Waals surface area contributed by atoms with E-state index < -0.39 is 0 Å². The average molecular weight is 314 g/mol. The molecule has 18 heavy (non-hydrogen) atoms. The van der Waals surface area contributed by atoms with Gasteiger partial charge in [0.05, 0.1) is 6.10 Å². The molecule has 1 N–H and O–H groups in total. The van der Waals surface area contributed by atoms with Crippen LogP contribution in [-0.2, 0) is 11.3 Å². The molecule has 1 unspecified atom stereocenters. The summed E-state index contributed by atoms with van der Waals surface area (Å²) >= 11 is 3.48. The molecule has 100 valence electrons. The summed E-state index contributed by atoms with van der Waals surface area (Å²) in [6.07, 6.45) is 1.32. The molecule has 0 spiro atoms. The summed E-state index contributed by atoms with van der Waals surface area (Å²) in [6.45, 7) is 7.59. The topological polar surface area (TPSA) is 32.7 Å². The predicted molar refractivity (Wildman–Crippen MR) is 75.9 cm³/mol. The Hall–Kier alpha value is -0.580. The molecule has 1 aliphatic heterocycles. The minimum atomic E-state index is 0.267. The standard InChI is InChI=1S/C14H20BrNO2/c1-10-6-13(15)7-12(14(10)17)9-16-4-3-5-18-11(2)8-16/h6-7,11,17H,3-5,8-9H2,1-2H3. The summed E-state index contributed by atoms with van der Waals surface area (Å²) in [5.41, 5.74) is 1.90. The predicted octanol–water partition coefficient (Wildman–Crippen LogP) is 3.07. The molecule has 0 aliphatic carbocycles. The number of hydrogen-bond acceptors (Lipinski definition) is 3. The molecular weight excluding hydrogens is 294 g/mol.